The molecule has 0 spiro atoms. The zero-order valence-corrected chi connectivity index (χ0v) is 13.5. The number of hydrogen-bond donors (Lipinski definition) is 1. The van der Waals surface area contributed by atoms with Crippen LogP contribution in [0, 0.1) is 5.92 Å². The van der Waals surface area contributed by atoms with E-state index in [0.717, 1.165) is 25.9 Å². The van der Waals surface area contributed by atoms with Gasteiger partial charge in [0.15, 0.2) is 11.5 Å². The van der Waals surface area contributed by atoms with Gasteiger partial charge >= 0.3 is 0 Å². The lowest BCUT2D eigenvalue weighted by Crippen LogP contribution is -2.40. The summed E-state index contributed by atoms with van der Waals surface area (Å²) in [5, 5.41) is 0. The first-order valence-corrected chi connectivity index (χ1v) is 8.08. The van der Waals surface area contributed by atoms with Crippen LogP contribution in [-0.2, 0) is 0 Å². The number of rotatable bonds is 6. The molecule has 0 aromatic heterocycles. The molecule has 0 aliphatic carbocycles. The highest BCUT2D eigenvalue weighted by Crippen LogP contribution is 2.29. The summed E-state index contributed by atoms with van der Waals surface area (Å²) in [6.45, 7) is 7.22. The van der Waals surface area contributed by atoms with Crippen molar-refractivity contribution in [3.05, 3.63) is 23.8 Å². The summed E-state index contributed by atoms with van der Waals surface area (Å²) >= 11 is 0. The molecule has 1 aliphatic rings. The van der Waals surface area contributed by atoms with Gasteiger partial charge in [0.1, 0.15) is 0 Å². The molecule has 22 heavy (non-hydrogen) atoms. The van der Waals surface area contributed by atoms with Crippen molar-refractivity contribution < 1.29 is 14.3 Å². The van der Waals surface area contributed by atoms with E-state index < -0.39 is 0 Å². The van der Waals surface area contributed by atoms with Crippen LogP contribution in [0.25, 0.3) is 0 Å². The van der Waals surface area contributed by atoms with Crippen molar-refractivity contribution in [1.82, 2.24) is 4.90 Å². The zero-order chi connectivity index (χ0) is 15.9. The van der Waals surface area contributed by atoms with Crippen molar-refractivity contribution in [2.45, 2.75) is 26.7 Å². The van der Waals surface area contributed by atoms with Crippen molar-refractivity contribution in [2.24, 2.45) is 11.7 Å². The molecular formula is C17H26N2O3. The fourth-order valence-corrected chi connectivity index (χ4v) is 2.74. The van der Waals surface area contributed by atoms with Crippen molar-refractivity contribution >= 4 is 5.91 Å². The summed E-state index contributed by atoms with van der Waals surface area (Å²) in [5.41, 5.74) is 6.35. The smallest absolute Gasteiger partial charge is 0.253 e. The summed E-state index contributed by atoms with van der Waals surface area (Å²) in [6, 6.07) is 5.41. The molecule has 0 unspecified atom stereocenters. The summed E-state index contributed by atoms with van der Waals surface area (Å²) in [7, 11) is 0. The lowest BCUT2D eigenvalue weighted by molar-refractivity contribution is 0.0693. The van der Waals surface area contributed by atoms with Gasteiger partial charge in [-0.1, -0.05) is 0 Å². The molecule has 5 heteroatoms. The number of hydrogen-bond acceptors (Lipinski definition) is 4. The van der Waals surface area contributed by atoms with Crippen LogP contribution in [0.1, 0.15) is 37.0 Å². The van der Waals surface area contributed by atoms with Gasteiger partial charge in [0, 0.05) is 18.7 Å². The normalized spacial score (nSPS) is 15.7. The van der Waals surface area contributed by atoms with Crippen LogP contribution < -0.4 is 15.2 Å². The molecule has 1 saturated heterocycles. The molecule has 1 heterocycles. The number of amides is 1. The Morgan fingerprint density at radius 3 is 2.41 bits per heavy atom. The van der Waals surface area contributed by atoms with Gasteiger partial charge < -0.3 is 20.1 Å². The Labute approximate surface area is 132 Å². The first kappa shape index (κ1) is 16.6. The van der Waals surface area contributed by atoms with Gasteiger partial charge in [-0.15, -0.1) is 0 Å². The number of benzene rings is 1. The van der Waals surface area contributed by atoms with Crippen LogP contribution in [0.4, 0.5) is 0 Å². The lowest BCUT2D eigenvalue weighted by Gasteiger charge is -2.31. The van der Waals surface area contributed by atoms with Gasteiger partial charge in [0.25, 0.3) is 5.91 Å². The minimum Gasteiger partial charge on any atom is -0.490 e. The maximum Gasteiger partial charge on any atom is 0.253 e. The maximum atomic E-state index is 12.6. The van der Waals surface area contributed by atoms with Gasteiger partial charge in [-0.3, -0.25) is 4.79 Å². The van der Waals surface area contributed by atoms with Gasteiger partial charge in [-0.2, -0.15) is 0 Å². The number of ether oxygens (including phenoxy) is 2. The van der Waals surface area contributed by atoms with E-state index in [1.54, 1.807) is 6.07 Å². The van der Waals surface area contributed by atoms with Gasteiger partial charge in [-0.25, -0.2) is 0 Å². The highest BCUT2D eigenvalue weighted by atomic mass is 16.5. The van der Waals surface area contributed by atoms with Gasteiger partial charge in [-0.05, 0) is 57.4 Å². The second-order valence-corrected chi connectivity index (χ2v) is 5.50. The third-order valence-electron chi connectivity index (χ3n) is 4.03. The molecular weight excluding hydrogens is 280 g/mol. The molecule has 1 aromatic carbocycles. The van der Waals surface area contributed by atoms with E-state index >= 15 is 0 Å². The first-order valence-electron chi connectivity index (χ1n) is 8.08. The first-order chi connectivity index (χ1) is 10.7. The number of piperidine rings is 1. The third kappa shape index (κ3) is 3.91. The highest BCUT2D eigenvalue weighted by Gasteiger charge is 2.23. The molecule has 122 valence electrons. The van der Waals surface area contributed by atoms with Crippen molar-refractivity contribution in [3.8, 4) is 11.5 Å². The molecule has 5 nitrogen and oxygen atoms in total. The molecule has 0 saturated carbocycles. The monoisotopic (exact) mass is 306 g/mol. The van der Waals surface area contributed by atoms with E-state index in [9.17, 15) is 4.79 Å². The number of likely N-dealkylation sites (tertiary alicyclic amines) is 1. The van der Waals surface area contributed by atoms with Crippen LogP contribution >= 0.6 is 0 Å². The van der Waals surface area contributed by atoms with Gasteiger partial charge in [0.2, 0.25) is 0 Å². The fraction of sp³-hybridized carbons (Fsp3) is 0.588. The van der Waals surface area contributed by atoms with Crippen molar-refractivity contribution in [1.29, 1.82) is 0 Å². The standard InChI is InChI=1S/C17H26N2O3/c1-3-21-15-6-5-14(11-16(15)22-4-2)17(20)19-9-7-13(12-18)8-10-19/h5-6,11,13H,3-4,7-10,12,18H2,1-2H3. The number of carbonyl (C=O) groups excluding carboxylic acids is 1. The quantitative estimate of drug-likeness (QED) is 0.876. The minimum absolute atomic E-state index is 0.0551. The largest absolute Gasteiger partial charge is 0.490 e. The Morgan fingerprint density at radius 1 is 1.18 bits per heavy atom. The average molecular weight is 306 g/mol. The molecule has 2 rings (SSSR count). The number of nitrogens with two attached hydrogens (primary N) is 1. The Hall–Kier alpha value is -1.75. The van der Waals surface area contributed by atoms with Crippen molar-refractivity contribution in [3.63, 3.8) is 0 Å². The molecule has 0 bridgehead atoms. The summed E-state index contributed by atoms with van der Waals surface area (Å²) < 4.78 is 11.1. The Balaban J connectivity index is 2.11. The molecule has 2 N–H and O–H groups in total. The summed E-state index contributed by atoms with van der Waals surface area (Å²) in [5.74, 6) is 1.91. The van der Waals surface area contributed by atoms with Gasteiger partial charge in [0.05, 0.1) is 13.2 Å². The predicted molar refractivity (Wildman–Crippen MR) is 86.5 cm³/mol. The number of nitrogens with zero attached hydrogens (tertiary/aromatic N) is 1. The molecule has 0 radical (unpaired) electrons. The van der Waals surface area contributed by atoms with E-state index in [0.29, 0.717) is 42.7 Å². The Morgan fingerprint density at radius 2 is 1.82 bits per heavy atom. The maximum absolute atomic E-state index is 12.6. The van der Waals surface area contributed by atoms with Crippen molar-refractivity contribution in [2.75, 3.05) is 32.8 Å². The highest BCUT2D eigenvalue weighted by molar-refractivity contribution is 5.95. The van der Waals surface area contributed by atoms with E-state index in [2.05, 4.69) is 0 Å². The number of carbonyl (C=O) groups is 1. The van der Waals surface area contributed by atoms with E-state index in [1.807, 2.05) is 30.9 Å². The van der Waals surface area contributed by atoms with E-state index in [1.165, 1.54) is 0 Å². The summed E-state index contributed by atoms with van der Waals surface area (Å²) in [4.78, 5) is 14.5. The van der Waals surface area contributed by atoms with E-state index in [4.69, 9.17) is 15.2 Å². The molecule has 1 amide bonds. The topological polar surface area (TPSA) is 64.8 Å². The Bertz CT molecular complexity index is 497. The van der Waals surface area contributed by atoms with Crippen LogP contribution in [0.15, 0.2) is 18.2 Å². The SMILES string of the molecule is CCOc1ccc(C(=O)N2CCC(CN)CC2)cc1OCC. The second-order valence-electron chi connectivity index (χ2n) is 5.50. The summed E-state index contributed by atoms with van der Waals surface area (Å²) in [6.07, 6.45) is 1.97. The molecule has 1 fully saturated rings. The van der Waals surface area contributed by atoms with E-state index in [-0.39, 0.29) is 5.91 Å². The molecule has 0 atom stereocenters. The van der Waals surface area contributed by atoms with Crippen LogP contribution in [0.2, 0.25) is 0 Å². The average Bonchev–Trinajstić information content (AvgIpc) is 2.56. The minimum atomic E-state index is 0.0551. The van der Waals surface area contributed by atoms with Crippen LogP contribution in [-0.4, -0.2) is 43.7 Å². The van der Waals surface area contributed by atoms with Crippen LogP contribution in [0.5, 0.6) is 11.5 Å². The Kier molecular flexibility index (Phi) is 6.07. The fourth-order valence-electron chi connectivity index (χ4n) is 2.74. The molecule has 1 aromatic rings. The third-order valence-corrected chi connectivity index (χ3v) is 4.03. The molecule has 1 aliphatic heterocycles. The van der Waals surface area contributed by atoms with Crippen LogP contribution in [0.3, 0.4) is 0 Å². The lowest BCUT2D eigenvalue weighted by atomic mass is 9.96. The second kappa shape index (κ2) is 8.03. The predicted octanol–water partition coefficient (Wildman–Crippen LogP) is 2.29. The zero-order valence-electron chi connectivity index (χ0n) is 13.5.